The standard InChI is InChI=1S/C18H22ClN3O4S/c19-16-6-5-15(27-16)18(25)21-10-14(23)9-20-12-1-3-13(4-2-12)22-7-8-26-11-17(22)24/h1-3,5-6,13-14,20,23H,4,7-11H2,(H,21,25). The lowest BCUT2D eigenvalue weighted by molar-refractivity contribution is -0.144. The van der Waals surface area contributed by atoms with Gasteiger partial charge in [-0.25, -0.2) is 0 Å². The summed E-state index contributed by atoms with van der Waals surface area (Å²) in [5.41, 5.74) is 0.891. The van der Waals surface area contributed by atoms with E-state index in [2.05, 4.69) is 10.6 Å². The molecule has 2 aliphatic rings. The highest BCUT2D eigenvalue weighted by atomic mass is 35.5. The summed E-state index contributed by atoms with van der Waals surface area (Å²) in [4.78, 5) is 26.1. The fraction of sp³-hybridized carbons (Fsp3) is 0.444. The highest BCUT2D eigenvalue weighted by Gasteiger charge is 2.25. The Balaban J connectivity index is 1.38. The Hall–Kier alpha value is -1.87. The first-order valence-corrected chi connectivity index (χ1v) is 9.93. The number of aliphatic hydroxyl groups excluding tert-OH is 1. The van der Waals surface area contributed by atoms with Crippen molar-refractivity contribution in [2.24, 2.45) is 0 Å². The molecule has 1 aromatic rings. The Kier molecular flexibility index (Phi) is 6.89. The molecule has 0 radical (unpaired) electrons. The Bertz CT molecular complexity index is 749. The van der Waals surface area contributed by atoms with Crippen LogP contribution in [0.5, 0.6) is 0 Å². The van der Waals surface area contributed by atoms with Gasteiger partial charge >= 0.3 is 0 Å². The lowest BCUT2D eigenvalue weighted by Gasteiger charge is -2.33. The van der Waals surface area contributed by atoms with Crippen LogP contribution < -0.4 is 10.6 Å². The molecular formula is C18H22ClN3O4S. The van der Waals surface area contributed by atoms with Gasteiger partial charge in [0.15, 0.2) is 0 Å². The number of morpholine rings is 1. The zero-order valence-corrected chi connectivity index (χ0v) is 16.3. The number of nitrogens with zero attached hydrogens (tertiary/aromatic N) is 1. The normalized spacial score (nSPS) is 21.0. The maximum absolute atomic E-state index is 11.9. The van der Waals surface area contributed by atoms with Gasteiger partial charge in [-0.3, -0.25) is 9.59 Å². The second-order valence-corrected chi connectivity index (χ2v) is 8.02. The van der Waals surface area contributed by atoms with E-state index in [1.165, 1.54) is 11.3 Å². The number of hydrogen-bond acceptors (Lipinski definition) is 6. The molecule has 27 heavy (non-hydrogen) atoms. The maximum atomic E-state index is 11.9. The van der Waals surface area contributed by atoms with Gasteiger partial charge in [-0.15, -0.1) is 11.3 Å². The number of thiophene rings is 1. The minimum atomic E-state index is -0.725. The van der Waals surface area contributed by atoms with Gasteiger partial charge in [0.2, 0.25) is 5.91 Å². The highest BCUT2D eigenvalue weighted by Crippen LogP contribution is 2.21. The molecule has 2 amide bonds. The first kappa shape index (κ1) is 19.9. The SMILES string of the molecule is O=C(NCC(O)CNC1=CCC(N2CCOCC2=O)C=C1)c1ccc(Cl)s1. The molecule has 1 aromatic heterocycles. The molecule has 1 fully saturated rings. The molecule has 9 heteroatoms. The summed E-state index contributed by atoms with van der Waals surface area (Å²) < 4.78 is 5.70. The monoisotopic (exact) mass is 411 g/mol. The number of carbonyl (C=O) groups excluding carboxylic acids is 2. The zero-order valence-electron chi connectivity index (χ0n) is 14.7. The number of ether oxygens (including phenoxy) is 1. The summed E-state index contributed by atoms with van der Waals surface area (Å²) in [5, 5.41) is 15.9. The van der Waals surface area contributed by atoms with E-state index < -0.39 is 6.10 Å². The largest absolute Gasteiger partial charge is 0.389 e. The van der Waals surface area contributed by atoms with Gasteiger partial charge in [0, 0.05) is 25.3 Å². The molecule has 2 unspecified atom stereocenters. The van der Waals surface area contributed by atoms with Crippen molar-refractivity contribution in [2.75, 3.05) is 32.8 Å². The van der Waals surface area contributed by atoms with Gasteiger partial charge in [0.25, 0.3) is 5.91 Å². The Morgan fingerprint density at radius 3 is 2.96 bits per heavy atom. The molecule has 2 heterocycles. The predicted molar refractivity (Wildman–Crippen MR) is 104 cm³/mol. The van der Waals surface area contributed by atoms with E-state index in [9.17, 15) is 14.7 Å². The second kappa shape index (κ2) is 9.36. The fourth-order valence-corrected chi connectivity index (χ4v) is 3.85. The van der Waals surface area contributed by atoms with E-state index in [-0.39, 0.29) is 31.0 Å². The average Bonchev–Trinajstić information content (AvgIpc) is 3.12. The zero-order chi connectivity index (χ0) is 19.2. The molecule has 0 spiro atoms. The minimum Gasteiger partial charge on any atom is -0.389 e. The minimum absolute atomic E-state index is 0.0129. The van der Waals surface area contributed by atoms with Gasteiger partial charge in [-0.2, -0.15) is 0 Å². The average molecular weight is 412 g/mol. The first-order valence-electron chi connectivity index (χ1n) is 8.74. The van der Waals surface area contributed by atoms with E-state index in [4.69, 9.17) is 16.3 Å². The van der Waals surface area contributed by atoms with Gasteiger partial charge in [-0.1, -0.05) is 23.8 Å². The van der Waals surface area contributed by atoms with Crippen LogP contribution in [0.25, 0.3) is 0 Å². The third-order valence-corrected chi connectivity index (χ3v) is 5.57. The summed E-state index contributed by atoms with van der Waals surface area (Å²) in [6.45, 7) is 1.78. The van der Waals surface area contributed by atoms with Crippen molar-refractivity contribution in [3.8, 4) is 0 Å². The number of amides is 2. The molecule has 0 bridgehead atoms. The van der Waals surface area contributed by atoms with Crippen LogP contribution >= 0.6 is 22.9 Å². The van der Waals surface area contributed by atoms with Crippen LogP contribution in [0.3, 0.4) is 0 Å². The van der Waals surface area contributed by atoms with Crippen LogP contribution in [0, 0.1) is 0 Å². The molecule has 3 N–H and O–H groups in total. The number of aliphatic hydroxyl groups is 1. The van der Waals surface area contributed by atoms with E-state index in [1.54, 1.807) is 12.1 Å². The predicted octanol–water partition coefficient (Wildman–Crippen LogP) is 1.15. The molecular weight excluding hydrogens is 390 g/mol. The van der Waals surface area contributed by atoms with Crippen LogP contribution in [0.15, 0.2) is 36.1 Å². The molecule has 1 aliphatic heterocycles. The number of allylic oxidation sites excluding steroid dienone is 1. The van der Waals surface area contributed by atoms with E-state index in [1.807, 2.05) is 23.1 Å². The topological polar surface area (TPSA) is 90.9 Å². The summed E-state index contributed by atoms with van der Waals surface area (Å²) in [6.07, 6.45) is 5.90. The van der Waals surface area contributed by atoms with Gasteiger partial charge in [0.1, 0.15) is 6.61 Å². The Labute approximate surface area is 166 Å². The first-order chi connectivity index (χ1) is 13.0. The lowest BCUT2D eigenvalue weighted by atomic mass is 10.0. The number of nitrogens with one attached hydrogen (secondary N) is 2. The fourth-order valence-electron chi connectivity index (χ4n) is 2.89. The third kappa shape index (κ3) is 5.55. The summed E-state index contributed by atoms with van der Waals surface area (Å²) >= 11 is 7.01. The Morgan fingerprint density at radius 2 is 2.30 bits per heavy atom. The van der Waals surface area contributed by atoms with Crippen LogP contribution in [-0.2, 0) is 9.53 Å². The molecule has 1 saturated heterocycles. The molecule has 2 atom stereocenters. The quantitative estimate of drug-likeness (QED) is 0.626. The van der Waals surface area contributed by atoms with Crippen LogP contribution in [-0.4, -0.2) is 66.8 Å². The molecule has 1 aliphatic carbocycles. The van der Waals surface area contributed by atoms with E-state index in [0.717, 1.165) is 12.1 Å². The van der Waals surface area contributed by atoms with Crippen molar-refractivity contribution in [2.45, 2.75) is 18.6 Å². The highest BCUT2D eigenvalue weighted by molar-refractivity contribution is 7.17. The number of halogens is 1. The van der Waals surface area contributed by atoms with Crippen molar-refractivity contribution < 1.29 is 19.4 Å². The third-order valence-electron chi connectivity index (χ3n) is 4.34. The number of carbonyl (C=O) groups is 2. The van der Waals surface area contributed by atoms with E-state index in [0.29, 0.717) is 28.9 Å². The number of hydrogen-bond donors (Lipinski definition) is 3. The van der Waals surface area contributed by atoms with Gasteiger partial charge < -0.3 is 25.4 Å². The summed E-state index contributed by atoms with van der Waals surface area (Å²) in [7, 11) is 0. The molecule has 0 saturated carbocycles. The molecule has 146 valence electrons. The van der Waals surface area contributed by atoms with Crippen LogP contribution in [0.2, 0.25) is 4.34 Å². The van der Waals surface area contributed by atoms with Crippen molar-refractivity contribution >= 4 is 34.8 Å². The maximum Gasteiger partial charge on any atom is 0.261 e. The second-order valence-electron chi connectivity index (χ2n) is 6.31. The van der Waals surface area contributed by atoms with Crippen molar-refractivity contribution in [3.05, 3.63) is 45.3 Å². The van der Waals surface area contributed by atoms with Crippen molar-refractivity contribution in [1.29, 1.82) is 0 Å². The van der Waals surface area contributed by atoms with E-state index >= 15 is 0 Å². The molecule has 0 aromatic carbocycles. The van der Waals surface area contributed by atoms with Crippen molar-refractivity contribution in [3.63, 3.8) is 0 Å². The van der Waals surface area contributed by atoms with Crippen LogP contribution in [0.1, 0.15) is 16.1 Å². The van der Waals surface area contributed by atoms with Gasteiger partial charge in [0.05, 0.1) is 28.0 Å². The number of rotatable bonds is 7. The summed E-state index contributed by atoms with van der Waals surface area (Å²) in [5.74, 6) is -0.236. The molecule has 3 rings (SSSR count). The molecule has 7 nitrogen and oxygen atoms in total. The van der Waals surface area contributed by atoms with Gasteiger partial charge in [-0.05, 0) is 24.6 Å². The smallest absolute Gasteiger partial charge is 0.261 e. The van der Waals surface area contributed by atoms with Crippen LogP contribution in [0.4, 0.5) is 0 Å². The Morgan fingerprint density at radius 1 is 1.44 bits per heavy atom. The summed E-state index contributed by atoms with van der Waals surface area (Å²) in [6, 6.07) is 3.37. The van der Waals surface area contributed by atoms with Crippen molar-refractivity contribution in [1.82, 2.24) is 15.5 Å². The lowest BCUT2D eigenvalue weighted by Crippen LogP contribution is -2.47.